The van der Waals surface area contributed by atoms with Gasteiger partial charge in [-0.15, -0.1) is 0 Å². The van der Waals surface area contributed by atoms with Crippen molar-refractivity contribution in [2.75, 3.05) is 0 Å². The van der Waals surface area contributed by atoms with Crippen LogP contribution in [0.3, 0.4) is 0 Å². The molecule has 0 bridgehead atoms. The second-order valence-electron chi connectivity index (χ2n) is 3.93. The Morgan fingerprint density at radius 2 is 1.68 bits per heavy atom. The highest BCUT2D eigenvalue weighted by molar-refractivity contribution is 7.71. The molecule has 0 fully saturated rings. The second kappa shape index (κ2) is 7.62. The highest BCUT2D eigenvalue weighted by atomic mass is 32.1. The molecule has 0 radical (unpaired) electrons. The zero-order chi connectivity index (χ0) is 15.9. The lowest BCUT2D eigenvalue weighted by atomic mass is 10.5. The van der Waals surface area contributed by atoms with Crippen LogP contribution in [0.4, 0.5) is 0 Å². The van der Waals surface area contributed by atoms with Gasteiger partial charge in [0.1, 0.15) is 14.8 Å². The van der Waals surface area contributed by atoms with E-state index in [1.807, 2.05) is 36.7 Å². The van der Waals surface area contributed by atoms with E-state index >= 15 is 0 Å². The molecule has 0 unspecified atom stereocenters. The van der Waals surface area contributed by atoms with E-state index in [0.29, 0.717) is 0 Å². The van der Waals surface area contributed by atoms with Crippen LogP contribution in [0.2, 0.25) is 0 Å². The number of nitrogens with one attached hydrogen (secondary N) is 2. The molecule has 0 atom stereocenters. The molecule has 6 nitrogen and oxygen atoms in total. The van der Waals surface area contributed by atoms with Crippen molar-refractivity contribution in [3.05, 3.63) is 58.9 Å². The summed E-state index contributed by atoms with van der Waals surface area (Å²) >= 11 is 9.98. The summed E-state index contributed by atoms with van der Waals surface area (Å²) in [4.78, 5) is 9.77. The van der Waals surface area contributed by atoms with E-state index in [-0.39, 0.29) is 0 Å². The van der Waals surface area contributed by atoms with E-state index in [4.69, 9.17) is 24.4 Å². The van der Waals surface area contributed by atoms with Crippen molar-refractivity contribution in [1.29, 1.82) is 0 Å². The van der Waals surface area contributed by atoms with E-state index in [0.717, 1.165) is 20.3 Å². The van der Waals surface area contributed by atoms with Crippen molar-refractivity contribution in [1.82, 2.24) is 29.0 Å². The molecule has 4 aromatic heterocycles. The van der Waals surface area contributed by atoms with Crippen LogP contribution in [-0.2, 0) is 0 Å². The van der Waals surface area contributed by atoms with E-state index in [1.165, 1.54) is 0 Å². The summed E-state index contributed by atoms with van der Waals surface area (Å²) in [6.45, 7) is 4.00. The monoisotopic (exact) mass is 332 g/mol. The van der Waals surface area contributed by atoms with Gasteiger partial charge in [0.15, 0.2) is 0 Å². The zero-order valence-corrected chi connectivity index (χ0v) is 13.9. The van der Waals surface area contributed by atoms with Gasteiger partial charge < -0.3 is 14.4 Å². The average Bonchev–Trinajstić information content (AvgIpc) is 3.20. The highest BCUT2D eigenvalue weighted by Gasteiger charge is 1.91. The number of imidazole rings is 1. The molecule has 0 saturated carbocycles. The predicted molar refractivity (Wildman–Crippen MR) is 92.1 cm³/mol. The summed E-state index contributed by atoms with van der Waals surface area (Å²) in [7, 11) is 0. The highest BCUT2D eigenvalue weighted by Crippen LogP contribution is 2.00. The summed E-state index contributed by atoms with van der Waals surface area (Å²) in [5.74, 6) is 0. The first-order valence-electron chi connectivity index (χ1n) is 6.76. The predicted octanol–water partition coefficient (Wildman–Crippen LogP) is 3.81. The zero-order valence-electron chi connectivity index (χ0n) is 12.2. The van der Waals surface area contributed by atoms with Crippen molar-refractivity contribution in [3.63, 3.8) is 0 Å². The first-order valence-corrected chi connectivity index (χ1v) is 7.58. The van der Waals surface area contributed by atoms with Gasteiger partial charge in [0, 0.05) is 24.8 Å². The van der Waals surface area contributed by atoms with Gasteiger partial charge in [-0.3, -0.25) is 0 Å². The molecule has 0 spiro atoms. The van der Waals surface area contributed by atoms with E-state index in [2.05, 4.69) is 20.1 Å². The average molecular weight is 332 g/mol. The first-order chi connectivity index (χ1) is 10.8. The molecule has 2 N–H and O–H groups in total. The van der Waals surface area contributed by atoms with Gasteiger partial charge in [0.2, 0.25) is 0 Å². The molecule has 0 saturated heterocycles. The van der Waals surface area contributed by atoms with Crippen LogP contribution in [0.1, 0.15) is 13.8 Å². The topological polar surface area (TPSA) is 66.2 Å². The van der Waals surface area contributed by atoms with E-state index < -0.39 is 0 Å². The fourth-order valence-electron chi connectivity index (χ4n) is 1.74. The Morgan fingerprint density at radius 1 is 1.00 bits per heavy atom. The Kier molecular flexibility index (Phi) is 5.56. The van der Waals surface area contributed by atoms with Gasteiger partial charge >= 0.3 is 0 Å². The molecular formula is C14H16N6S2. The Hall–Kier alpha value is -2.32. The van der Waals surface area contributed by atoms with Crippen LogP contribution in [0.25, 0.3) is 11.0 Å². The number of H-pyrrole nitrogens is 2. The molecule has 22 heavy (non-hydrogen) atoms. The Bertz CT molecular complexity index is 882. The van der Waals surface area contributed by atoms with Crippen LogP contribution < -0.4 is 0 Å². The van der Waals surface area contributed by atoms with Gasteiger partial charge in [0.05, 0.1) is 24.2 Å². The molecule has 0 aromatic carbocycles. The minimum Gasteiger partial charge on any atom is -0.350 e. The molecular weight excluding hydrogens is 316 g/mol. The largest absolute Gasteiger partial charge is 0.350 e. The summed E-state index contributed by atoms with van der Waals surface area (Å²) < 4.78 is 5.05. The van der Waals surface area contributed by atoms with Crippen molar-refractivity contribution in [2.45, 2.75) is 13.8 Å². The number of nitrogens with zero attached hydrogens (tertiary/aromatic N) is 4. The second-order valence-corrected chi connectivity index (χ2v) is 4.74. The van der Waals surface area contributed by atoms with Crippen LogP contribution >= 0.6 is 24.4 Å². The van der Waals surface area contributed by atoms with E-state index in [9.17, 15) is 0 Å². The van der Waals surface area contributed by atoms with Crippen molar-refractivity contribution >= 4 is 35.5 Å². The van der Waals surface area contributed by atoms with Crippen molar-refractivity contribution < 1.29 is 0 Å². The number of aromatic nitrogens is 6. The van der Waals surface area contributed by atoms with Gasteiger partial charge in [0.25, 0.3) is 0 Å². The minimum atomic E-state index is 0.722. The maximum absolute atomic E-state index is 4.99. The maximum Gasteiger partial charge on any atom is 0.129 e. The lowest BCUT2D eigenvalue weighted by Crippen LogP contribution is -1.86. The summed E-state index contributed by atoms with van der Waals surface area (Å²) in [6.07, 6.45) is 12.4. The molecule has 0 aliphatic carbocycles. The molecule has 0 amide bonds. The maximum atomic E-state index is 4.99. The van der Waals surface area contributed by atoms with Crippen molar-refractivity contribution in [3.8, 4) is 0 Å². The number of rotatable bonds is 0. The summed E-state index contributed by atoms with van der Waals surface area (Å²) in [5, 5.41) is 4.01. The molecule has 4 rings (SSSR count). The van der Waals surface area contributed by atoms with Crippen LogP contribution in [0.5, 0.6) is 0 Å². The number of hydrogen-bond donors (Lipinski definition) is 2. The fourth-order valence-corrected chi connectivity index (χ4v) is 2.19. The standard InChI is InChI=1S/2C6H5N3S.C2H6/c10-6-5-3-7-4-9(5)2-1-8-6;10-6-5-1-2-8-9(5)4-3-7-6;1-2/h1-4H,(H,8,10);1-4H,(H,7,10);1-2H3. The Labute approximate surface area is 137 Å². The quantitative estimate of drug-likeness (QED) is 0.481. The molecule has 4 heterocycles. The third kappa shape index (κ3) is 3.46. The molecule has 0 aliphatic rings. The smallest absolute Gasteiger partial charge is 0.129 e. The first kappa shape index (κ1) is 16.1. The van der Waals surface area contributed by atoms with Gasteiger partial charge in [-0.05, 0) is 6.07 Å². The lowest BCUT2D eigenvalue weighted by Gasteiger charge is -1.89. The van der Waals surface area contributed by atoms with E-state index in [1.54, 1.807) is 35.6 Å². The third-order valence-electron chi connectivity index (χ3n) is 2.68. The number of fused-ring (bicyclic) bond motifs is 2. The molecule has 0 aliphatic heterocycles. The van der Waals surface area contributed by atoms with Crippen LogP contribution in [0, 0.1) is 9.28 Å². The molecule has 114 valence electrons. The van der Waals surface area contributed by atoms with Crippen LogP contribution in [-0.4, -0.2) is 29.0 Å². The summed E-state index contributed by atoms with van der Waals surface area (Å²) in [5.41, 5.74) is 1.88. The molecule has 4 aromatic rings. The Balaban J connectivity index is 0.000000144. The normalized spacial score (nSPS) is 9.73. The van der Waals surface area contributed by atoms with Gasteiger partial charge in [-0.25, -0.2) is 9.50 Å². The van der Waals surface area contributed by atoms with Crippen LogP contribution in [0.15, 0.2) is 49.6 Å². The SMILES string of the molecule is CC.S=c1[nH]ccn2cncc12.S=c1[nH]ccn2nccc12. The summed E-state index contributed by atoms with van der Waals surface area (Å²) in [6, 6.07) is 1.87. The number of aromatic amines is 2. The lowest BCUT2D eigenvalue weighted by molar-refractivity contribution is 0.942. The fraction of sp³-hybridized carbons (Fsp3) is 0.143. The van der Waals surface area contributed by atoms with Gasteiger partial charge in [-0.1, -0.05) is 38.3 Å². The van der Waals surface area contributed by atoms with Gasteiger partial charge in [-0.2, -0.15) is 5.10 Å². The minimum absolute atomic E-state index is 0.722. The Morgan fingerprint density at radius 3 is 2.36 bits per heavy atom. The third-order valence-corrected chi connectivity index (χ3v) is 3.34. The number of hydrogen-bond acceptors (Lipinski definition) is 4. The van der Waals surface area contributed by atoms with Crippen molar-refractivity contribution in [2.24, 2.45) is 0 Å². The molecule has 8 heteroatoms.